The molecule has 1 aliphatic rings. The number of rotatable bonds is 25. The van der Waals surface area contributed by atoms with Gasteiger partial charge in [0.1, 0.15) is 45.8 Å². The number of nitrogen functional groups attached to an aromatic ring is 2. The van der Waals surface area contributed by atoms with E-state index in [-0.39, 0.29) is 7.43 Å². The number of pyridine rings is 8. The van der Waals surface area contributed by atoms with Crippen molar-refractivity contribution in [1.29, 1.82) is 0 Å². The van der Waals surface area contributed by atoms with Crippen molar-refractivity contribution in [2.24, 2.45) is 10.7 Å². The van der Waals surface area contributed by atoms with Crippen LogP contribution in [0.1, 0.15) is 96.0 Å². The maximum Gasteiger partial charge on any atom is 0.215 e. The summed E-state index contributed by atoms with van der Waals surface area (Å²) in [5.41, 5.74) is 39.7. The number of aryl methyl sites for hydroxylation is 4. The van der Waals surface area contributed by atoms with E-state index >= 15 is 0 Å². The molecule has 0 radical (unpaired) electrons. The molecule has 15 aromatic heterocycles. The van der Waals surface area contributed by atoms with Crippen LogP contribution in [-0.4, -0.2) is 116 Å². The summed E-state index contributed by atoms with van der Waals surface area (Å²) in [4.78, 5) is 44.4. The Morgan fingerprint density at radius 3 is 1.22 bits per heavy atom. The van der Waals surface area contributed by atoms with E-state index in [0.717, 1.165) is 151 Å². The van der Waals surface area contributed by atoms with Crippen LogP contribution in [0, 0.1) is 27.7 Å². The zero-order valence-corrected chi connectivity index (χ0v) is 73.5. The molecule has 0 fully saturated rings. The summed E-state index contributed by atoms with van der Waals surface area (Å²) in [6.45, 7) is 15.6. The van der Waals surface area contributed by atoms with Gasteiger partial charge in [-0.15, -0.1) is 11.3 Å². The van der Waals surface area contributed by atoms with Crippen molar-refractivity contribution < 1.29 is 4.74 Å². The van der Waals surface area contributed by atoms with E-state index in [0.29, 0.717) is 82.3 Å². The summed E-state index contributed by atoms with van der Waals surface area (Å²) in [5, 5.41) is 50.4. The average Bonchev–Trinajstić information content (AvgIpc) is 1.71. The van der Waals surface area contributed by atoms with Gasteiger partial charge in [-0.05, 0) is 184 Å². The Kier molecular flexibility index (Phi) is 25.3. The third kappa shape index (κ3) is 20.1. The van der Waals surface area contributed by atoms with Gasteiger partial charge < -0.3 is 43.2 Å². The lowest BCUT2D eigenvalue weighted by Gasteiger charge is -2.08. The Hall–Kier alpha value is -16.7. The second-order valence-electron chi connectivity index (χ2n) is 32.3. The molecule has 658 valence electrons. The fraction of sp³-hybridized carbons (Fsp3) is 0.168. The Labute approximate surface area is 764 Å². The fourth-order valence-corrected chi connectivity index (χ4v) is 16.9. The molecule has 22 rings (SSSR count). The molecule has 0 unspecified atom stereocenters. The van der Waals surface area contributed by atoms with E-state index < -0.39 is 0 Å². The van der Waals surface area contributed by atoms with Crippen LogP contribution in [0.15, 0.2) is 286 Å². The van der Waals surface area contributed by atoms with Crippen LogP contribution >= 0.6 is 11.3 Å². The molecule has 0 saturated heterocycles. The number of amidine groups is 1. The zero-order valence-electron chi connectivity index (χ0n) is 72.7. The average molecular weight is 1770 g/mol. The Morgan fingerprint density at radius 2 is 0.780 bits per heavy atom. The molecule has 0 spiro atoms. The second-order valence-corrected chi connectivity index (χ2v) is 33.4. The number of hydrogen-bond donors (Lipinski definition) is 7. The first-order chi connectivity index (χ1) is 64.1. The van der Waals surface area contributed by atoms with Crippen molar-refractivity contribution in [1.82, 2.24) is 104 Å². The predicted molar refractivity (Wildman–Crippen MR) is 525 cm³/mol. The summed E-state index contributed by atoms with van der Waals surface area (Å²) >= 11 is 1.71. The lowest BCUT2D eigenvalue weighted by Crippen LogP contribution is -2.10. The van der Waals surface area contributed by atoms with Gasteiger partial charge in [-0.2, -0.15) is 30.6 Å². The Bertz CT molecular complexity index is 7690. The monoisotopic (exact) mass is 1760 g/mol. The first-order valence-electron chi connectivity index (χ1n) is 42.9. The van der Waals surface area contributed by atoms with Gasteiger partial charge in [0.15, 0.2) is 0 Å². The molecule has 16 heterocycles. The van der Waals surface area contributed by atoms with Gasteiger partial charge in [-0.3, -0.25) is 38.1 Å². The van der Waals surface area contributed by atoms with Crippen LogP contribution in [-0.2, 0) is 72.0 Å². The number of thiazole rings is 1. The number of aliphatic imine (C=N–C) groups is 1. The quantitative estimate of drug-likeness (QED) is 0.0279. The summed E-state index contributed by atoms with van der Waals surface area (Å²) in [5.74, 6) is 5.63. The molecule has 0 saturated carbocycles. The summed E-state index contributed by atoms with van der Waals surface area (Å²) < 4.78 is 18.1. The van der Waals surface area contributed by atoms with Gasteiger partial charge in [0, 0.05) is 146 Å². The van der Waals surface area contributed by atoms with E-state index in [1.165, 1.54) is 49.2 Å². The maximum absolute atomic E-state index is 5.96. The van der Waals surface area contributed by atoms with E-state index in [9.17, 15) is 0 Å². The molecule has 0 atom stereocenters. The number of fused-ring (bicyclic) bond motifs is 8. The third-order valence-corrected chi connectivity index (χ3v) is 23.8. The van der Waals surface area contributed by atoms with Gasteiger partial charge in [0.2, 0.25) is 5.88 Å². The molecule has 21 aromatic rings. The van der Waals surface area contributed by atoms with Crippen molar-refractivity contribution in [2.75, 3.05) is 39.8 Å². The summed E-state index contributed by atoms with van der Waals surface area (Å²) in [6.07, 6.45) is 30.0. The van der Waals surface area contributed by atoms with Crippen molar-refractivity contribution in [3.63, 3.8) is 0 Å². The normalized spacial score (nSPS) is 11.6. The van der Waals surface area contributed by atoms with Crippen LogP contribution in [0.5, 0.6) is 5.88 Å². The van der Waals surface area contributed by atoms with Crippen LogP contribution < -0.4 is 43.2 Å². The van der Waals surface area contributed by atoms with Gasteiger partial charge in [0.05, 0.1) is 113 Å². The highest BCUT2D eigenvalue weighted by Crippen LogP contribution is 2.31. The molecule has 30 nitrogen and oxygen atoms in total. The van der Waals surface area contributed by atoms with Crippen LogP contribution in [0.4, 0.5) is 34.9 Å². The third-order valence-electron chi connectivity index (χ3n) is 22.8. The van der Waals surface area contributed by atoms with Crippen LogP contribution in [0.3, 0.4) is 0 Å². The first kappa shape index (κ1) is 86.1. The van der Waals surface area contributed by atoms with Gasteiger partial charge in [-0.25, -0.2) is 39.9 Å². The van der Waals surface area contributed by atoms with Gasteiger partial charge in [0.25, 0.3) is 0 Å². The van der Waals surface area contributed by atoms with Crippen LogP contribution in [0.2, 0.25) is 0 Å². The van der Waals surface area contributed by atoms with Gasteiger partial charge in [-0.1, -0.05) is 111 Å². The smallest absolute Gasteiger partial charge is 0.215 e. The van der Waals surface area contributed by atoms with Crippen molar-refractivity contribution in [2.45, 2.75) is 107 Å². The lowest BCUT2D eigenvalue weighted by atomic mass is 10.1. The fourth-order valence-electron chi connectivity index (χ4n) is 16.0. The number of nitrogens with two attached hydrogens (primary N) is 3. The number of nitrogens with zero attached hydrogens (tertiary/aromatic N) is 22. The molecule has 0 aliphatic carbocycles. The highest BCUT2D eigenvalue weighted by atomic mass is 32.1. The Morgan fingerprint density at radius 1 is 0.371 bits per heavy atom. The largest absolute Gasteiger partial charge is 0.481 e. The highest BCUT2D eigenvalue weighted by Gasteiger charge is 2.18. The van der Waals surface area contributed by atoms with Crippen molar-refractivity contribution >= 4 is 127 Å². The second kappa shape index (κ2) is 38.9. The van der Waals surface area contributed by atoms with Crippen LogP contribution in [0.25, 0.3) is 75.4 Å². The molecule has 31 heteroatoms. The van der Waals surface area contributed by atoms with E-state index in [1.54, 1.807) is 68.0 Å². The van der Waals surface area contributed by atoms with E-state index in [4.69, 9.17) is 47.3 Å². The van der Waals surface area contributed by atoms with Gasteiger partial charge >= 0.3 is 0 Å². The van der Waals surface area contributed by atoms with E-state index in [2.05, 4.69) is 218 Å². The number of hydrogen-bond acceptors (Lipinski definition) is 25. The molecule has 1 aliphatic heterocycles. The highest BCUT2D eigenvalue weighted by molar-refractivity contribution is 7.18. The predicted octanol–water partition coefficient (Wildman–Crippen LogP) is 17.6. The number of nitrogens with one attached hydrogen (secondary N) is 4. The number of ether oxygens (including phenoxy) is 1. The molecule has 6 aromatic carbocycles. The van der Waals surface area contributed by atoms with E-state index in [1.807, 2.05) is 146 Å². The summed E-state index contributed by atoms with van der Waals surface area (Å²) in [6, 6.07) is 62.0. The molecular weight excluding hydrogens is 1670 g/mol. The number of methoxy groups -OCH3 is 1. The number of benzene rings is 6. The maximum atomic E-state index is 5.96. The minimum atomic E-state index is 0. The summed E-state index contributed by atoms with van der Waals surface area (Å²) in [7, 11) is 1.63. The zero-order chi connectivity index (χ0) is 89.3. The lowest BCUT2D eigenvalue weighted by molar-refractivity contribution is 0.394. The first-order valence-corrected chi connectivity index (χ1v) is 43.7. The molecule has 10 N–H and O–H groups in total. The molecular formula is C101H97N29OS. The standard InChI is InChI=1S/C26H24N8.C26H23N7S.C24H23N7O.C24H23N7.CH4/c27-25-22-7-6-20(12-21(22)14-29-25)13-30-26-23-17-34(32-24(23)8-10-28-26)16-19-4-2-18(3-5-19)15-33-11-1-9-31-33;1-18-3-8-24-23(13-18)30-25(34-24)14-28-26-21-17-33(31-22(21)9-11-27-26)16-20-6-4-19(5-7-20)15-32-12-2-10-29-32;1-15-9-17(12-29-24(15)32-2)13-31-14-20-21(30-31)6-8-27-23(20)28-11-16-3-4-19-18(10-16)5-7-26-22(19)25;1-15-9-18(12-28-16(15)2)13-31-14-21-22(30-31)6-8-27-24(21)29-11-17-3-4-20-19(10-17)5-7-26-23(20)25;/h1-12,17H,13-16H2,(H2,27,29)(H,28,30);2-13,17H,14-16H2,1H3,(H,27,28);3-10,12,14H,11,13H2,1-2H3,(H2,25,26)(H,27,28);3-10,12,14H,11,13H2,1-2H3,(H2,25,26)(H,27,29);1H4. The van der Waals surface area contributed by atoms with Crippen molar-refractivity contribution in [3.8, 4) is 5.88 Å². The number of anilines is 6. The SMILES string of the molecule is C.COc1ncc(Cn2cc3c(NCc4ccc5c(N)nccc5c4)nccc3n2)cc1C.Cc1cc(Cn2cc3c(NCc4ccc5c(N)nccc5c4)nccc3n2)cnc1C.Cc1ccc2sc(CNc3nccc4nn(Cc5ccc(Cn6cccn6)cc5)cc34)nc2c1.NC1=NCc2cc(CNc3nccc4nn(Cc5ccc(Cn6cccn6)cc5)cc34)ccc21. The topological polar surface area (TPSA) is 371 Å². The Balaban J connectivity index is 0.000000118. The molecule has 132 heavy (non-hydrogen) atoms. The number of aromatic nitrogens is 21. The molecule has 0 bridgehead atoms. The minimum Gasteiger partial charge on any atom is -0.481 e. The van der Waals surface area contributed by atoms with Crippen molar-refractivity contribution in [3.05, 3.63) is 370 Å². The molecule has 0 amide bonds. The minimum absolute atomic E-state index is 0.